The molecule has 1 fully saturated rings. The lowest BCUT2D eigenvalue weighted by atomic mass is 10.1. The van der Waals surface area contributed by atoms with Crippen LogP contribution in [0.15, 0.2) is 0 Å². The zero-order valence-corrected chi connectivity index (χ0v) is 15.3. The van der Waals surface area contributed by atoms with Crippen LogP contribution in [0.25, 0.3) is 0 Å². The minimum Gasteiger partial charge on any atom is -0.343 e. The predicted octanol–water partition coefficient (Wildman–Crippen LogP) is 4.69. The molecular weight excluding hydrogens is 279 g/mol. The second-order valence-corrected chi connectivity index (χ2v) is 6.85. The van der Waals surface area contributed by atoms with Crippen molar-refractivity contribution < 1.29 is 4.79 Å². The predicted molar refractivity (Wildman–Crippen MR) is 96.3 cm³/mol. The standard InChI is InChI=1S/C15H29N2OP.C2H6/c1-19-14-9-12-17(13-10-14)15(18)8-6-4-2-3-5-7-11-16;1-2/h11,14,16,19H,2-10,12-13H2,1H3;1-2H3. The van der Waals surface area contributed by atoms with E-state index in [4.69, 9.17) is 5.41 Å². The van der Waals surface area contributed by atoms with Gasteiger partial charge in [-0.25, -0.2) is 0 Å². The molecule has 0 bridgehead atoms. The Bertz CT molecular complexity index is 264. The lowest BCUT2D eigenvalue weighted by molar-refractivity contribution is -0.132. The summed E-state index contributed by atoms with van der Waals surface area (Å²) in [5, 5.41) is 6.94. The maximum Gasteiger partial charge on any atom is 0.222 e. The van der Waals surface area contributed by atoms with Crippen LogP contribution in [-0.2, 0) is 4.79 Å². The minimum atomic E-state index is 0.373. The molecule has 0 aromatic rings. The first-order valence-electron chi connectivity index (χ1n) is 8.72. The van der Waals surface area contributed by atoms with Crippen molar-refractivity contribution in [3.63, 3.8) is 0 Å². The SMILES string of the molecule is CC.CPC1CCN(C(=O)CCCCCCCC=N)CC1. The van der Waals surface area contributed by atoms with E-state index in [1.165, 1.54) is 31.9 Å². The van der Waals surface area contributed by atoms with Crippen molar-refractivity contribution in [2.24, 2.45) is 0 Å². The smallest absolute Gasteiger partial charge is 0.222 e. The van der Waals surface area contributed by atoms with Crippen molar-refractivity contribution in [1.82, 2.24) is 4.90 Å². The molecule has 124 valence electrons. The van der Waals surface area contributed by atoms with Crippen LogP contribution in [0, 0.1) is 5.41 Å². The number of likely N-dealkylation sites (tertiary alicyclic amines) is 1. The lowest BCUT2D eigenvalue weighted by Crippen LogP contribution is -2.38. The van der Waals surface area contributed by atoms with Gasteiger partial charge in [0.15, 0.2) is 0 Å². The summed E-state index contributed by atoms with van der Waals surface area (Å²) in [4.78, 5) is 14.1. The average molecular weight is 314 g/mol. The summed E-state index contributed by atoms with van der Waals surface area (Å²) in [5.74, 6) is 0.373. The molecule has 1 rings (SSSR count). The quantitative estimate of drug-likeness (QED) is 0.374. The topological polar surface area (TPSA) is 44.2 Å². The van der Waals surface area contributed by atoms with Gasteiger partial charge in [-0.1, -0.05) is 33.1 Å². The zero-order valence-electron chi connectivity index (χ0n) is 14.3. The Kier molecular flexibility index (Phi) is 14.2. The van der Waals surface area contributed by atoms with Gasteiger partial charge in [0.25, 0.3) is 0 Å². The van der Waals surface area contributed by atoms with Gasteiger partial charge in [0.1, 0.15) is 0 Å². The largest absolute Gasteiger partial charge is 0.343 e. The number of hydrogen-bond donors (Lipinski definition) is 1. The summed E-state index contributed by atoms with van der Waals surface area (Å²) in [6.45, 7) is 8.26. The minimum absolute atomic E-state index is 0.373. The van der Waals surface area contributed by atoms with Crippen molar-refractivity contribution in [2.75, 3.05) is 19.8 Å². The first kappa shape index (κ1) is 20.6. The van der Waals surface area contributed by atoms with E-state index in [-0.39, 0.29) is 0 Å². The molecule has 0 aliphatic carbocycles. The van der Waals surface area contributed by atoms with Crippen LogP contribution in [-0.4, -0.2) is 42.4 Å². The molecule has 1 N–H and O–H groups in total. The third-order valence-corrected chi connectivity index (χ3v) is 5.39. The van der Waals surface area contributed by atoms with Crippen LogP contribution in [0.1, 0.15) is 71.6 Å². The molecule has 1 saturated heterocycles. The lowest BCUT2D eigenvalue weighted by Gasteiger charge is -2.31. The maximum absolute atomic E-state index is 12.0. The Balaban J connectivity index is 0.00000191. The molecule has 0 aromatic heterocycles. The van der Waals surface area contributed by atoms with Gasteiger partial charge < -0.3 is 10.3 Å². The molecule has 0 radical (unpaired) electrons. The van der Waals surface area contributed by atoms with Gasteiger partial charge >= 0.3 is 0 Å². The molecule has 0 spiro atoms. The molecule has 21 heavy (non-hydrogen) atoms. The monoisotopic (exact) mass is 314 g/mol. The molecule has 1 amide bonds. The van der Waals surface area contributed by atoms with Gasteiger partial charge in [-0.2, -0.15) is 0 Å². The molecule has 0 saturated carbocycles. The molecule has 1 aliphatic rings. The highest BCUT2D eigenvalue weighted by Crippen LogP contribution is 2.25. The number of nitrogens with zero attached hydrogens (tertiary/aromatic N) is 1. The van der Waals surface area contributed by atoms with E-state index < -0.39 is 0 Å². The number of amides is 1. The van der Waals surface area contributed by atoms with Gasteiger partial charge in [-0.3, -0.25) is 4.79 Å². The number of carbonyl (C=O) groups excluding carboxylic acids is 1. The van der Waals surface area contributed by atoms with Crippen LogP contribution in [0.2, 0.25) is 0 Å². The summed E-state index contributed by atoms with van der Waals surface area (Å²) in [5.41, 5.74) is 0.873. The third-order valence-electron chi connectivity index (χ3n) is 4.00. The molecular formula is C17H35N2OP. The fraction of sp³-hybridized carbons (Fsp3) is 0.882. The second kappa shape index (κ2) is 14.5. The number of carbonyl (C=O) groups is 1. The van der Waals surface area contributed by atoms with E-state index in [2.05, 4.69) is 11.6 Å². The van der Waals surface area contributed by atoms with Crippen molar-refractivity contribution in [2.45, 2.75) is 77.3 Å². The normalized spacial score (nSPS) is 15.9. The van der Waals surface area contributed by atoms with E-state index in [1.54, 1.807) is 0 Å². The first-order chi connectivity index (χ1) is 10.3. The molecule has 4 heteroatoms. The highest BCUT2D eigenvalue weighted by Gasteiger charge is 2.20. The summed E-state index contributed by atoms with van der Waals surface area (Å²) >= 11 is 0. The van der Waals surface area contributed by atoms with Crippen molar-refractivity contribution in [3.8, 4) is 0 Å². The van der Waals surface area contributed by atoms with Gasteiger partial charge in [0, 0.05) is 19.5 Å². The molecule has 0 aromatic carbocycles. The summed E-state index contributed by atoms with van der Waals surface area (Å²) in [6, 6.07) is 0. The fourth-order valence-electron chi connectivity index (χ4n) is 2.63. The van der Waals surface area contributed by atoms with Crippen molar-refractivity contribution >= 4 is 20.7 Å². The molecule has 1 heterocycles. The number of piperidine rings is 1. The molecule has 1 unspecified atom stereocenters. The summed E-state index contributed by atoms with van der Waals surface area (Å²) < 4.78 is 0. The zero-order chi connectivity index (χ0) is 15.9. The fourth-order valence-corrected chi connectivity index (χ4v) is 3.46. The number of nitrogens with one attached hydrogen (secondary N) is 1. The average Bonchev–Trinajstić information content (AvgIpc) is 2.55. The summed E-state index contributed by atoms with van der Waals surface area (Å²) in [7, 11) is 1.04. The number of rotatable bonds is 9. The maximum atomic E-state index is 12.0. The van der Waals surface area contributed by atoms with Gasteiger partial charge in [0.2, 0.25) is 5.91 Å². The Morgan fingerprint density at radius 1 is 1.14 bits per heavy atom. The van der Waals surface area contributed by atoms with Gasteiger partial charge in [0.05, 0.1) is 0 Å². The Hall–Kier alpha value is -0.430. The van der Waals surface area contributed by atoms with E-state index in [0.29, 0.717) is 5.91 Å². The third kappa shape index (κ3) is 10.0. The van der Waals surface area contributed by atoms with E-state index in [1.807, 2.05) is 13.8 Å². The highest BCUT2D eigenvalue weighted by atomic mass is 31.1. The van der Waals surface area contributed by atoms with Crippen LogP contribution in [0.4, 0.5) is 0 Å². The van der Waals surface area contributed by atoms with E-state index in [0.717, 1.165) is 59.4 Å². The van der Waals surface area contributed by atoms with Crippen LogP contribution < -0.4 is 0 Å². The van der Waals surface area contributed by atoms with Crippen LogP contribution in [0.5, 0.6) is 0 Å². The van der Waals surface area contributed by atoms with E-state index >= 15 is 0 Å². The Morgan fingerprint density at radius 3 is 2.29 bits per heavy atom. The highest BCUT2D eigenvalue weighted by molar-refractivity contribution is 7.37. The van der Waals surface area contributed by atoms with Crippen molar-refractivity contribution in [3.05, 3.63) is 0 Å². The van der Waals surface area contributed by atoms with E-state index in [9.17, 15) is 4.79 Å². The van der Waals surface area contributed by atoms with Gasteiger partial charge in [-0.15, -0.1) is 8.58 Å². The molecule has 1 aliphatic heterocycles. The van der Waals surface area contributed by atoms with Gasteiger partial charge in [-0.05, 0) is 50.6 Å². The van der Waals surface area contributed by atoms with Crippen LogP contribution in [0.3, 0.4) is 0 Å². The molecule has 1 atom stereocenters. The van der Waals surface area contributed by atoms with Crippen molar-refractivity contribution in [1.29, 1.82) is 5.41 Å². The Labute approximate surface area is 133 Å². The molecule has 3 nitrogen and oxygen atoms in total. The van der Waals surface area contributed by atoms with Crippen LogP contribution >= 0.6 is 8.58 Å². The number of hydrogen-bond acceptors (Lipinski definition) is 2. The second-order valence-electron chi connectivity index (χ2n) is 5.45. The first-order valence-corrected chi connectivity index (χ1v) is 10.3. The Morgan fingerprint density at radius 2 is 1.71 bits per heavy atom. The summed E-state index contributed by atoms with van der Waals surface area (Å²) in [6.07, 6.45) is 11.3. The number of unbranched alkanes of at least 4 members (excludes halogenated alkanes) is 5.